The Morgan fingerprint density at radius 1 is 1.26 bits per heavy atom. The number of ether oxygens (including phenoxy) is 1. The van der Waals surface area contributed by atoms with Gasteiger partial charge in [-0.15, -0.1) is 0 Å². The number of aromatic nitrogens is 1. The van der Waals surface area contributed by atoms with E-state index in [1.165, 1.54) is 12.3 Å². The van der Waals surface area contributed by atoms with Gasteiger partial charge in [0.25, 0.3) is 0 Å². The first-order chi connectivity index (χ1) is 8.88. The van der Waals surface area contributed by atoms with Crippen LogP contribution in [0, 0.1) is 6.92 Å². The molecule has 0 aliphatic rings. The fourth-order valence-electron chi connectivity index (χ4n) is 1.53. The van der Waals surface area contributed by atoms with Gasteiger partial charge in [-0.25, -0.2) is 13.4 Å². The van der Waals surface area contributed by atoms with E-state index >= 15 is 0 Å². The summed E-state index contributed by atoms with van der Waals surface area (Å²) in [4.78, 5) is 4.06. The number of hydrogen-bond donors (Lipinski definition) is 0. The smallest absolute Gasteiger partial charge is 0.238 e. The lowest BCUT2D eigenvalue weighted by Gasteiger charge is -2.09. The van der Waals surface area contributed by atoms with E-state index in [4.69, 9.17) is 4.74 Å². The van der Waals surface area contributed by atoms with Crippen molar-refractivity contribution in [2.45, 2.75) is 11.8 Å². The maximum Gasteiger partial charge on any atom is 0.238 e. The lowest BCUT2D eigenvalue weighted by atomic mass is 10.2. The molecule has 0 aliphatic carbocycles. The molecule has 0 bridgehead atoms. The maximum absolute atomic E-state index is 11.6. The van der Waals surface area contributed by atoms with Gasteiger partial charge in [-0.3, -0.25) is 0 Å². The van der Waals surface area contributed by atoms with Crippen LogP contribution in [0.25, 0.3) is 0 Å². The molecule has 0 atom stereocenters. The fraction of sp³-hybridized carbons (Fsp3) is 0.154. The van der Waals surface area contributed by atoms with E-state index in [-0.39, 0.29) is 10.8 Å². The van der Waals surface area contributed by atoms with Crippen molar-refractivity contribution in [1.29, 1.82) is 0 Å². The summed E-state index contributed by atoms with van der Waals surface area (Å²) in [5, 5.41) is 0. The Morgan fingerprint density at radius 2 is 2.00 bits per heavy atom. The Morgan fingerprint density at radius 3 is 2.63 bits per heavy atom. The van der Waals surface area contributed by atoms with Crippen molar-refractivity contribution in [2.24, 2.45) is 0 Å². The molecule has 19 heavy (non-hydrogen) atoms. The standard InChI is InChI=1S/C13H12BrNO3S/c1-9-8-10(5-6-11(9)14)18-13-12(19(2,16)17)4-3-7-15-13/h3-8H,1-2H3. The molecule has 0 unspecified atom stereocenters. The number of pyridine rings is 1. The summed E-state index contributed by atoms with van der Waals surface area (Å²) in [6.45, 7) is 1.92. The van der Waals surface area contributed by atoms with Crippen LogP contribution < -0.4 is 4.74 Å². The normalized spacial score (nSPS) is 11.3. The van der Waals surface area contributed by atoms with E-state index in [1.54, 1.807) is 12.1 Å². The van der Waals surface area contributed by atoms with Gasteiger partial charge in [0.15, 0.2) is 9.84 Å². The van der Waals surface area contributed by atoms with Crippen molar-refractivity contribution in [3.05, 3.63) is 46.6 Å². The van der Waals surface area contributed by atoms with Crippen LogP contribution in [0.3, 0.4) is 0 Å². The minimum absolute atomic E-state index is 0.0792. The second-order valence-electron chi connectivity index (χ2n) is 4.09. The Kier molecular flexibility index (Phi) is 3.91. The summed E-state index contributed by atoms with van der Waals surface area (Å²) in [6.07, 6.45) is 2.62. The third kappa shape index (κ3) is 3.33. The average molecular weight is 342 g/mol. The number of nitrogens with zero attached hydrogens (tertiary/aromatic N) is 1. The van der Waals surface area contributed by atoms with Crippen LogP contribution in [0.15, 0.2) is 45.9 Å². The summed E-state index contributed by atoms with van der Waals surface area (Å²) < 4.78 is 29.8. The van der Waals surface area contributed by atoms with Crippen LogP contribution in [0.1, 0.15) is 5.56 Å². The highest BCUT2D eigenvalue weighted by molar-refractivity contribution is 9.10. The molecule has 0 N–H and O–H groups in total. The molecule has 2 rings (SSSR count). The van der Waals surface area contributed by atoms with Crippen LogP contribution in [-0.4, -0.2) is 19.7 Å². The third-order valence-electron chi connectivity index (χ3n) is 2.48. The minimum Gasteiger partial charge on any atom is -0.438 e. The summed E-state index contributed by atoms with van der Waals surface area (Å²) >= 11 is 3.39. The van der Waals surface area contributed by atoms with Gasteiger partial charge < -0.3 is 4.74 Å². The maximum atomic E-state index is 11.6. The Hall–Kier alpha value is -1.40. The first kappa shape index (κ1) is 14.0. The summed E-state index contributed by atoms with van der Waals surface area (Å²) in [5.74, 6) is 0.635. The van der Waals surface area contributed by atoms with Gasteiger partial charge in [0.2, 0.25) is 5.88 Å². The van der Waals surface area contributed by atoms with Crippen molar-refractivity contribution in [3.63, 3.8) is 0 Å². The second-order valence-corrected chi connectivity index (χ2v) is 6.93. The van der Waals surface area contributed by atoms with Crippen molar-refractivity contribution >= 4 is 25.8 Å². The van der Waals surface area contributed by atoms with Crippen molar-refractivity contribution in [3.8, 4) is 11.6 Å². The number of aryl methyl sites for hydroxylation is 1. The molecule has 1 heterocycles. The average Bonchev–Trinajstić information content (AvgIpc) is 2.33. The van der Waals surface area contributed by atoms with Gasteiger partial charge in [-0.1, -0.05) is 15.9 Å². The second kappa shape index (κ2) is 5.30. The molecular formula is C13H12BrNO3S. The monoisotopic (exact) mass is 341 g/mol. The van der Waals surface area contributed by atoms with Gasteiger partial charge in [0.1, 0.15) is 10.6 Å². The Bertz CT molecular complexity index is 714. The van der Waals surface area contributed by atoms with Crippen molar-refractivity contribution in [1.82, 2.24) is 4.98 Å². The fourth-order valence-corrected chi connectivity index (χ4v) is 2.51. The molecule has 0 aliphatic heterocycles. The number of benzene rings is 1. The van der Waals surface area contributed by atoms with E-state index in [0.717, 1.165) is 16.3 Å². The lowest BCUT2D eigenvalue weighted by molar-refractivity contribution is 0.447. The number of halogens is 1. The molecule has 0 amide bonds. The van der Waals surface area contributed by atoms with Gasteiger partial charge in [0.05, 0.1) is 0 Å². The molecule has 6 heteroatoms. The molecule has 0 saturated carbocycles. The molecule has 1 aromatic heterocycles. The largest absolute Gasteiger partial charge is 0.438 e. The highest BCUT2D eigenvalue weighted by Crippen LogP contribution is 2.28. The lowest BCUT2D eigenvalue weighted by Crippen LogP contribution is -2.01. The van der Waals surface area contributed by atoms with Gasteiger partial charge in [0, 0.05) is 16.9 Å². The van der Waals surface area contributed by atoms with Crippen LogP contribution in [0.2, 0.25) is 0 Å². The van der Waals surface area contributed by atoms with Gasteiger partial charge >= 0.3 is 0 Å². The number of sulfone groups is 1. The molecule has 0 saturated heterocycles. The highest BCUT2D eigenvalue weighted by atomic mass is 79.9. The van der Waals surface area contributed by atoms with E-state index in [9.17, 15) is 8.42 Å². The Labute approximate surface area is 120 Å². The number of hydrogen-bond acceptors (Lipinski definition) is 4. The van der Waals surface area contributed by atoms with E-state index in [1.807, 2.05) is 19.1 Å². The van der Waals surface area contributed by atoms with E-state index < -0.39 is 9.84 Å². The molecule has 0 spiro atoms. The predicted octanol–water partition coefficient (Wildman–Crippen LogP) is 3.35. The zero-order valence-electron chi connectivity index (χ0n) is 10.4. The zero-order chi connectivity index (χ0) is 14.0. The summed E-state index contributed by atoms with van der Waals surface area (Å²) in [7, 11) is -3.37. The van der Waals surface area contributed by atoms with Gasteiger partial charge in [-0.05, 0) is 42.8 Å². The first-order valence-electron chi connectivity index (χ1n) is 5.47. The minimum atomic E-state index is -3.37. The highest BCUT2D eigenvalue weighted by Gasteiger charge is 2.16. The van der Waals surface area contributed by atoms with Crippen LogP contribution >= 0.6 is 15.9 Å². The quantitative estimate of drug-likeness (QED) is 0.858. The SMILES string of the molecule is Cc1cc(Oc2ncccc2S(C)(=O)=O)ccc1Br. The predicted molar refractivity (Wildman–Crippen MR) is 76.3 cm³/mol. The Balaban J connectivity index is 2.41. The molecule has 100 valence electrons. The molecule has 4 nitrogen and oxygen atoms in total. The third-order valence-corrected chi connectivity index (χ3v) is 4.48. The summed E-state index contributed by atoms with van der Waals surface area (Å²) in [6, 6.07) is 8.44. The summed E-state index contributed by atoms with van der Waals surface area (Å²) in [5.41, 5.74) is 0.995. The van der Waals surface area contributed by atoms with Crippen LogP contribution in [-0.2, 0) is 9.84 Å². The van der Waals surface area contributed by atoms with Crippen molar-refractivity contribution < 1.29 is 13.2 Å². The molecule has 2 aromatic rings. The molecule has 0 fully saturated rings. The molecule has 1 aromatic carbocycles. The van der Waals surface area contributed by atoms with Crippen LogP contribution in [0.5, 0.6) is 11.6 Å². The van der Waals surface area contributed by atoms with E-state index in [2.05, 4.69) is 20.9 Å². The van der Waals surface area contributed by atoms with Gasteiger partial charge in [-0.2, -0.15) is 0 Å². The van der Waals surface area contributed by atoms with Crippen molar-refractivity contribution in [2.75, 3.05) is 6.26 Å². The van der Waals surface area contributed by atoms with Crippen LogP contribution in [0.4, 0.5) is 0 Å². The van der Waals surface area contributed by atoms with E-state index in [0.29, 0.717) is 5.75 Å². The number of rotatable bonds is 3. The first-order valence-corrected chi connectivity index (χ1v) is 8.15. The molecular weight excluding hydrogens is 330 g/mol. The topological polar surface area (TPSA) is 56.3 Å². The molecule has 0 radical (unpaired) electrons. The zero-order valence-corrected chi connectivity index (χ0v) is 12.8.